The van der Waals surface area contributed by atoms with E-state index in [0.717, 1.165) is 37.3 Å². The number of anilines is 1. The first kappa shape index (κ1) is 29.1. The monoisotopic (exact) mass is 519 g/mol. The van der Waals surface area contributed by atoms with Gasteiger partial charge in [0.25, 0.3) is 5.91 Å². The number of carbonyl (C=O) groups is 2. The van der Waals surface area contributed by atoms with Gasteiger partial charge in [-0.1, -0.05) is 62.2 Å². The molecular formula is C31H41N3O4. The minimum absolute atomic E-state index is 0.0956. The quantitative estimate of drug-likeness (QED) is 0.0702. The maximum Gasteiger partial charge on any atom is 0.337 e. The molecule has 1 aliphatic heterocycles. The average Bonchev–Trinajstić information content (AvgIpc) is 2.95. The summed E-state index contributed by atoms with van der Waals surface area (Å²) >= 11 is 0. The Morgan fingerprint density at radius 3 is 2.21 bits per heavy atom. The van der Waals surface area contributed by atoms with Crippen LogP contribution in [0.25, 0.3) is 0 Å². The molecule has 1 atom stereocenters. The van der Waals surface area contributed by atoms with Crippen LogP contribution in [0.2, 0.25) is 0 Å². The van der Waals surface area contributed by atoms with Crippen LogP contribution in [0.1, 0.15) is 74.8 Å². The second-order valence-electron chi connectivity index (χ2n) is 9.59. The van der Waals surface area contributed by atoms with E-state index in [1.54, 1.807) is 29.2 Å². The number of ether oxygens (including phenoxy) is 1. The molecule has 2 aromatic rings. The molecule has 0 aliphatic carbocycles. The Kier molecular flexibility index (Phi) is 11.6. The number of carbonyl (C=O) groups excluding carboxylic acids is 2. The van der Waals surface area contributed by atoms with Crippen molar-refractivity contribution in [2.75, 3.05) is 38.3 Å². The van der Waals surface area contributed by atoms with Crippen molar-refractivity contribution < 1.29 is 19.2 Å². The smallest absolute Gasteiger partial charge is 0.337 e. The van der Waals surface area contributed by atoms with Crippen molar-refractivity contribution in [2.45, 2.75) is 58.9 Å². The van der Waals surface area contributed by atoms with Gasteiger partial charge in [0.2, 0.25) is 0 Å². The lowest BCUT2D eigenvalue weighted by Gasteiger charge is -2.43. The van der Waals surface area contributed by atoms with Crippen molar-refractivity contribution in [1.29, 1.82) is 0 Å². The Morgan fingerprint density at radius 1 is 0.974 bits per heavy atom. The van der Waals surface area contributed by atoms with Crippen molar-refractivity contribution in [1.82, 2.24) is 4.90 Å². The molecule has 0 aromatic heterocycles. The normalized spacial score (nSPS) is 16.6. The Morgan fingerprint density at radius 2 is 1.61 bits per heavy atom. The van der Waals surface area contributed by atoms with Gasteiger partial charge in [0, 0.05) is 17.8 Å². The highest BCUT2D eigenvalue weighted by molar-refractivity contribution is 6.18. The summed E-state index contributed by atoms with van der Waals surface area (Å²) in [5.41, 5.74) is 3.47. The summed E-state index contributed by atoms with van der Waals surface area (Å²) in [5, 5.41) is 4.27. The number of amides is 1. The second kappa shape index (κ2) is 15.1. The fourth-order valence-electron chi connectivity index (χ4n) is 4.54. The van der Waals surface area contributed by atoms with Gasteiger partial charge in [-0.15, -0.1) is 0 Å². The topological polar surface area (TPSA) is 71.4 Å². The number of unbranched alkanes of at least 4 members (excludes halogenated alkanes) is 2. The van der Waals surface area contributed by atoms with Crippen LogP contribution in [0.15, 0.2) is 71.4 Å². The van der Waals surface area contributed by atoms with E-state index in [1.807, 2.05) is 43.3 Å². The van der Waals surface area contributed by atoms with E-state index >= 15 is 0 Å². The minimum Gasteiger partial charge on any atom is -0.465 e. The molecule has 38 heavy (non-hydrogen) atoms. The van der Waals surface area contributed by atoms with Crippen LogP contribution >= 0.6 is 0 Å². The van der Waals surface area contributed by atoms with Crippen LogP contribution < -0.4 is 4.90 Å². The van der Waals surface area contributed by atoms with E-state index in [9.17, 15) is 9.59 Å². The highest BCUT2D eigenvalue weighted by Gasteiger charge is 2.43. The Labute approximate surface area is 227 Å². The predicted molar refractivity (Wildman–Crippen MR) is 152 cm³/mol. The maximum atomic E-state index is 13.2. The molecule has 0 N–H and O–H groups in total. The van der Waals surface area contributed by atoms with Gasteiger partial charge in [-0.2, -0.15) is 0 Å². The molecular weight excluding hydrogens is 478 g/mol. The molecule has 0 bridgehead atoms. The molecule has 1 fully saturated rings. The lowest BCUT2D eigenvalue weighted by molar-refractivity contribution is -0.119. The Balaban J connectivity index is 1.66. The molecule has 1 amide bonds. The van der Waals surface area contributed by atoms with E-state index in [1.165, 1.54) is 32.8 Å². The highest BCUT2D eigenvalue weighted by Crippen LogP contribution is 2.43. The molecule has 0 saturated carbocycles. The number of hydrogen-bond donors (Lipinski definition) is 0. The van der Waals surface area contributed by atoms with Crippen molar-refractivity contribution in [3.8, 4) is 0 Å². The molecule has 1 heterocycles. The van der Waals surface area contributed by atoms with Crippen molar-refractivity contribution in [3.05, 3.63) is 77.4 Å². The van der Waals surface area contributed by atoms with Crippen molar-refractivity contribution >= 4 is 23.3 Å². The van der Waals surface area contributed by atoms with E-state index < -0.39 is 5.97 Å². The zero-order valence-corrected chi connectivity index (χ0v) is 23.2. The fraction of sp³-hybridized carbons (Fsp3) is 0.452. The lowest BCUT2D eigenvalue weighted by atomic mass is 9.86. The SMILES string of the molecule is CCCCN(CCCC)CCCON=C(C)C=C1C(=O)N(c2ccc(C(=O)OC)cc2)C1c1ccccc1. The van der Waals surface area contributed by atoms with Gasteiger partial charge in [-0.3, -0.25) is 9.69 Å². The van der Waals surface area contributed by atoms with Gasteiger partial charge >= 0.3 is 5.97 Å². The van der Waals surface area contributed by atoms with E-state index in [-0.39, 0.29) is 11.9 Å². The van der Waals surface area contributed by atoms with Crippen LogP contribution in [-0.4, -0.2) is 55.8 Å². The molecule has 3 rings (SSSR count). The molecule has 204 valence electrons. The minimum atomic E-state index is -0.409. The van der Waals surface area contributed by atoms with Crippen molar-refractivity contribution in [2.24, 2.45) is 5.16 Å². The summed E-state index contributed by atoms with van der Waals surface area (Å²) in [6.07, 6.45) is 7.58. The zero-order chi connectivity index (χ0) is 27.3. The average molecular weight is 520 g/mol. The fourth-order valence-corrected chi connectivity index (χ4v) is 4.54. The number of benzene rings is 2. The van der Waals surface area contributed by atoms with Crippen LogP contribution in [0.4, 0.5) is 5.69 Å². The third-order valence-corrected chi connectivity index (χ3v) is 6.64. The van der Waals surface area contributed by atoms with Crippen LogP contribution in [-0.2, 0) is 14.4 Å². The van der Waals surface area contributed by atoms with Gasteiger partial charge in [-0.05, 0) is 75.2 Å². The molecule has 2 aromatic carbocycles. The number of esters is 1. The van der Waals surface area contributed by atoms with Gasteiger partial charge in [0.15, 0.2) is 0 Å². The van der Waals surface area contributed by atoms with Gasteiger partial charge < -0.3 is 14.5 Å². The summed E-state index contributed by atoms with van der Waals surface area (Å²) in [4.78, 5) is 34.9. The van der Waals surface area contributed by atoms with Crippen LogP contribution in [0.3, 0.4) is 0 Å². The number of nitrogens with zero attached hydrogens (tertiary/aromatic N) is 3. The first-order valence-electron chi connectivity index (χ1n) is 13.7. The molecule has 1 saturated heterocycles. The van der Waals surface area contributed by atoms with E-state index in [2.05, 4.69) is 23.9 Å². The molecule has 1 aliphatic rings. The second-order valence-corrected chi connectivity index (χ2v) is 9.59. The molecule has 7 nitrogen and oxygen atoms in total. The first-order valence-corrected chi connectivity index (χ1v) is 13.7. The maximum absolute atomic E-state index is 13.2. The number of rotatable bonds is 15. The van der Waals surface area contributed by atoms with E-state index in [4.69, 9.17) is 9.57 Å². The third kappa shape index (κ3) is 7.78. The molecule has 0 spiro atoms. The van der Waals surface area contributed by atoms with Crippen LogP contribution in [0, 0.1) is 0 Å². The standard InChI is InChI=1S/C31H41N3O4/c1-5-7-19-33(20-8-6-2)21-12-22-38-32-24(3)23-28-29(25-13-10-9-11-14-25)34(30(28)35)27-17-15-26(16-18-27)31(36)37-4/h9-11,13-18,23,29H,5-8,12,19-22H2,1-4H3. The first-order chi connectivity index (χ1) is 18.5. The van der Waals surface area contributed by atoms with Gasteiger partial charge in [-0.25, -0.2) is 4.79 Å². The van der Waals surface area contributed by atoms with Gasteiger partial charge in [0.05, 0.1) is 24.4 Å². The predicted octanol–water partition coefficient (Wildman–Crippen LogP) is 6.17. The number of β-lactam (4-membered cyclic amide) rings is 1. The number of hydrogen-bond acceptors (Lipinski definition) is 6. The zero-order valence-electron chi connectivity index (χ0n) is 23.2. The van der Waals surface area contributed by atoms with Gasteiger partial charge in [0.1, 0.15) is 6.61 Å². The summed E-state index contributed by atoms with van der Waals surface area (Å²) in [6.45, 7) is 10.1. The Hall–Kier alpha value is -3.45. The Bertz CT molecular complexity index is 1090. The summed E-state index contributed by atoms with van der Waals surface area (Å²) in [6, 6.07) is 16.5. The number of allylic oxidation sites excluding steroid dienone is 1. The van der Waals surface area contributed by atoms with E-state index in [0.29, 0.717) is 23.5 Å². The molecule has 0 radical (unpaired) electrons. The highest BCUT2D eigenvalue weighted by atomic mass is 16.6. The summed E-state index contributed by atoms with van der Waals surface area (Å²) < 4.78 is 4.78. The van der Waals surface area contributed by atoms with Crippen molar-refractivity contribution in [3.63, 3.8) is 0 Å². The number of oxime groups is 1. The van der Waals surface area contributed by atoms with Crippen LogP contribution in [0.5, 0.6) is 0 Å². The molecule has 7 heteroatoms. The third-order valence-electron chi connectivity index (χ3n) is 6.64. The lowest BCUT2D eigenvalue weighted by Crippen LogP contribution is -2.49. The summed E-state index contributed by atoms with van der Waals surface area (Å²) in [5.74, 6) is -0.505. The largest absolute Gasteiger partial charge is 0.465 e. The number of methoxy groups -OCH3 is 1. The summed E-state index contributed by atoms with van der Waals surface area (Å²) in [7, 11) is 1.35. The molecule has 1 unspecified atom stereocenters.